The Morgan fingerprint density at radius 1 is 1.13 bits per heavy atom. The molecule has 0 radical (unpaired) electrons. The largest absolute Gasteiger partial charge is 0.454 e. The van der Waals surface area contributed by atoms with E-state index in [4.69, 9.17) is 4.74 Å². The fraction of sp³-hybridized carbons (Fsp3) is 0.235. The van der Waals surface area contributed by atoms with Gasteiger partial charge >= 0.3 is 5.97 Å². The monoisotopic (exact) mass is 317 g/mol. The third-order valence-electron chi connectivity index (χ3n) is 3.73. The molecule has 0 bridgehead atoms. The van der Waals surface area contributed by atoms with E-state index in [2.05, 4.69) is 5.32 Å². The lowest BCUT2D eigenvalue weighted by molar-refractivity contribution is -0.0107. The molecule has 5 nitrogen and oxygen atoms in total. The van der Waals surface area contributed by atoms with Gasteiger partial charge in [-0.2, -0.15) is 0 Å². The fourth-order valence-electron chi connectivity index (χ4n) is 2.53. The second-order valence-corrected chi connectivity index (χ2v) is 5.37. The van der Waals surface area contributed by atoms with E-state index < -0.39 is 30.3 Å². The highest BCUT2D eigenvalue weighted by Gasteiger charge is 2.34. The third-order valence-corrected chi connectivity index (χ3v) is 3.73. The Kier molecular flexibility index (Phi) is 4.38. The molecule has 6 heteroatoms. The van der Waals surface area contributed by atoms with Crippen molar-refractivity contribution in [1.82, 2.24) is 5.32 Å². The Balaban J connectivity index is 1.77. The first-order chi connectivity index (χ1) is 11.0. The van der Waals surface area contributed by atoms with Gasteiger partial charge in [0.05, 0.1) is 5.56 Å². The number of benzene rings is 2. The van der Waals surface area contributed by atoms with Crippen LogP contribution in [0.5, 0.6) is 0 Å². The van der Waals surface area contributed by atoms with Crippen LogP contribution in [0.25, 0.3) is 11.1 Å². The highest BCUT2D eigenvalue weighted by Crippen LogP contribution is 2.23. The Morgan fingerprint density at radius 3 is 2.48 bits per heavy atom. The fourth-order valence-corrected chi connectivity index (χ4v) is 2.53. The Bertz CT molecular complexity index is 707. The van der Waals surface area contributed by atoms with Crippen molar-refractivity contribution < 1.29 is 24.1 Å². The summed E-state index contributed by atoms with van der Waals surface area (Å²) in [4.78, 5) is 12.0. The average molecular weight is 317 g/mol. The first kappa shape index (κ1) is 15.6. The molecule has 0 saturated carbocycles. The van der Waals surface area contributed by atoms with E-state index in [-0.39, 0.29) is 12.0 Å². The Morgan fingerprint density at radius 2 is 1.87 bits per heavy atom. The van der Waals surface area contributed by atoms with Gasteiger partial charge in [0.2, 0.25) is 0 Å². The van der Waals surface area contributed by atoms with Gasteiger partial charge in [-0.05, 0) is 23.3 Å². The summed E-state index contributed by atoms with van der Waals surface area (Å²) in [6.07, 6.45) is -2.98. The minimum atomic E-state index is -1.17. The normalized spacial score (nSPS) is 23.7. The molecule has 0 aliphatic carbocycles. The molecule has 1 aliphatic heterocycles. The van der Waals surface area contributed by atoms with Crippen LogP contribution in [0.1, 0.15) is 16.8 Å². The summed E-state index contributed by atoms with van der Waals surface area (Å²) in [5, 5.41) is 21.3. The Hall–Kier alpha value is -2.28. The van der Waals surface area contributed by atoms with Crippen LogP contribution in [-0.2, 0) is 4.74 Å². The van der Waals surface area contributed by atoms with Crippen LogP contribution in [0.4, 0.5) is 4.39 Å². The highest BCUT2D eigenvalue weighted by molar-refractivity contribution is 5.90. The molecule has 3 atom stereocenters. The zero-order valence-corrected chi connectivity index (χ0v) is 12.1. The number of ether oxygens (including phenoxy) is 1. The van der Waals surface area contributed by atoms with Gasteiger partial charge in [-0.25, -0.2) is 9.18 Å². The summed E-state index contributed by atoms with van der Waals surface area (Å²) in [7, 11) is 0. The van der Waals surface area contributed by atoms with E-state index in [0.717, 1.165) is 5.56 Å². The lowest BCUT2D eigenvalue weighted by Crippen LogP contribution is -2.35. The van der Waals surface area contributed by atoms with Crippen LogP contribution >= 0.6 is 0 Å². The van der Waals surface area contributed by atoms with E-state index >= 15 is 0 Å². The first-order valence-corrected chi connectivity index (χ1v) is 7.23. The number of carbonyl (C=O) groups is 1. The lowest BCUT2D eigenvalue weighted by atomic mass is 10.0. The summed E-state index contributed by atoms with van der Waals surface area (Å²) in [6, 6.07) is 13.5. The molecule has 2 aromatic carbocycles. The van der Waals surface area contributed by atoms with Gasteiger partial charge in [-0.1, -0.05) is 36.4 Å². The van der Waals surface area contributed by atoms with E-state index in [0.29, 0.717) is 5.56 Å². The van der Waals surface area contributed by atoms with E-state index in [1.54, 1.807) is 6.07 Å². The number of halogens is 1. The number of hydrogen-bond acceptors (Lipinski definition) is 5. The van der Waals surface area contributed by atoms with Crippen LogP contribution < -0.4 is 5.32 Å². The van der Waals surface area contributed by atoms with E-state index in [9.17, 15) is 19.4 Å². The molecule has 0 aromatic heterocycles. The zero-order chi connectivity index (χ0) is 16.4. The molecule has 0 amide bonds. The van der Waals surface area contributed by atoms with Gasteiger partial charge in [0.25, 0.3) is 0 Å². The zero-order valence-electron chi connectivity index (χ0n) is 12.1. The van der Waals surface area contributed by atoms with Crippen LogP contribution in [0.2, 0.25) is 0 Å². The summed E-state index contributed by atoms with van der Waals surface area (Å²) in [6.45, 7) is 0. The van der Waals surface area contributed by atoms with Crippen molar-refractivity contribution >= 4 is 5.97 Å². The number of esters is 1. The van der Waals surface area contributed by atoms with Crippen molar-refractivity contribution in [2.45, 2.75) is 25.0 Å². The molecule has 3 unspecified atom stereocenters. The second kappa shape index (κ2) is 6.45. The van der Waals surface area contributed by atoms with Crippen molar-refractivity contribution in [3.8, 4) is 11.1 Å². The number of hydrogen-bond donors (Lipinski definition) is 3. The number of aliphatic hydroxyl groups is 2. The maximum Gasteiger partial charge on any atom is 0.341 e. The molecule has 1 heterocycles. The van der Waals surface area contributed by atoms with Crippen molar-refractivity contribution in [1.29, 1.82) is 0 Å². The molecular formula is C17H16FNO4. The quantitative estimate of drug-likeness (QED) is 0.750. The summed E-state index contributed by atoms with van der Waals surface area (Å²) in [5.74, 6) is -1.57. The molecular weight excluding hydrogens is 301 g/mol. The minimum absolute atomic E-state index is 0.0522. The molecule has 0 spiro atoms. The molecule has 1 aliphatic rings. The molecule has 2 aromatic rings. The van der Waals surface area contributed by atoms with Crippen molar-refractivity contribution in [2.75, 3.05) is 0 Å². The first-order valence-electron chi connectivity index (χ1n) is 7.23. The predicted molar refractivity (Wildman–Crippen MR) is 80.8 cm³/mol. The van der Waals surface area contributed by atoms with Gasteiger partial charge in [0.15, 0.2) is 0 Å². The van der Waals surface area contributed by atoms with Gasteiger partial charge in [0.1, 0.15) is 24.4 Å². The van der Waals surface area contributed by atoms with Crippen LogP contribution in [0.3, 0.4) is 0 Å². The minimum Gasteiger partial charge on any atom is -0.454 e. The summed E-state index contributed by atoms with van der Waals surface area (Å²) >= 11 is 0. The van der Waals surface area contributed by atoms with Gasteiger partial charge in [-0.3, -0.25) is 5.32 Å². The molecule has 3 rings (SSSR count). The van der Waals surface area contributed by atoms with Gasteiger partial charge in [-0.15, -0.1) is 0 Å². The number of carbonyl (C=O) groups excluding carboxylic acids is 1. The maximum absolute atomic E-state index is 14.2. The smallest absolute Gasteiger partial charge is 0.341 e. The molecule has 120 valence electrons. The summed E-state index contributed by atoms with van der Waals surface area (Å²) in [5.41, 5.74) is 1.28. The lowest BCUT2D eigenvalue weighted by Gasteiger charge is -2.15. The van der Waals surface area contributed by atoms with Gasteiger partial charge in [0, 0.05) is 6.42 Å². The number of rotatable bonds is 3. The van der Waals surface area contributed by atoms with Gasteiger partial charge < -0.3 is 14.9 Å². The van der Waals surface area contributed by atoms with Crippen LogP contribution in [-0.4, -0.2) is 34.7 Å². The van der Waals surface area contributed by atoms with Crippen molar-refractivity contribution in [2.24, 2.45) is 0 Å². The number of aliphatic hydroxyl groups excluding tert-OH is 2. The van der Waals surface area contributed by atoms with Crippen LogP contribution in [0.15, 0.2) is 48.5 Å². The van der Waals surface area contributed by atoms with Crippen molar-refractivity contribution in [3.05, 3.63) is 59.9 Å². The molecule has 23 heavy (non-hydrogen) atoms. The van der Waals surface area contributed by atoms with E-state index in [1.165, 1.54) is 12.1 Å². The second-order valence-electron chi connectivity index (χ2n) is 5.37. The molecule has 3 N–H and O–H groups in total. The SMILES string of the molecule is O=C(OC1CC(O)NC1O)c1ccc(-c2ccccc2)cc1F. The highest BCUT2D eigenvalue weighted by atomic mass is 19.1. The van der Waals surface area contributed by atoms with Crippen molar-refractivity contribution in [3.63, 3.8) is 0 Å². The Labute approximate surface area is 132 Å². The maximum atomic E-state index is 14.2. The number of nitrogens with one attached hydrogen (secondary N) is 1. The standard InChI is InChI=1S/C17H16FNO4/c18-13-8-11(10-4-2-1-3-5-10)6-7-12(13)17(22)23-14-9-15(20)19-16(14)21/h1-8,14-16,19-21H,9H2. The molecule has 1 fully saturated rings. The summed E-state index contributed by atoms with van der Waals surface area (Å²) < 4.78 is 19.3. The third kappa shape index (κ3) is 3.39. The van der Waals surface area contributed by atoms with E-state index in [1.807, 2.05) is 30.3 Å². The predicted octanol–water partition coefficient (Wildman–Crippen LogP) is 1.65. The van der Waals surface area contributed by atoms with Crippen LogP contribution in [0, 0.1) is 5.82 Å². The average Bonchev–Trinajstić information content (AvgIpc) is 2.85. The molecule has 1 saturated heterocycles. The topological polar surface area (TPSA) is 78.8 Å².